The number of amides is 2. The van der Waals surface area contributed by atoms with Gasteiger partial charge >= 0.3 is 0 Å². The van der Waals surface area contributed by atoms with Crippen LogP contribution in [0.2, 0.25) is 0 Å². The summed E-state index contributed by atoms with van der Waals surface area (Å²) in [7, 11) is 0. The molecule has 24 heavy (non-hydrogen) atoms. The van der Waals surface area contributed by atoms with Gasteiger partial charge in [-0.25, -0.2) is 0 Å². The van der Waals surface area contributed by atoms with Crippen molar-refractivity contribution in [2.45, 2.75) is 19.8 Å². The Kier molecular flexibility index (Phi) is 3.40. The second-order valence-corrected chi connectivity index (χ2v) is 6.85. The largest absolute Gasteiger partial charge is 0.351 e. The fourth-order valence-corrected chi connectivity index (χ4v) is 3.72. The zero-order chi connectivity index (χ0) is 16.7. The number of aromatic nitrogens is 1. The molecule has 1 aromatic heterocycles. The Morgan fingerprint density at radius 3 is 2.71 bits per heavy atom. The van der Waals surface area contributed by atoms with Crippen LogP contribution in [-0.4, -0.2) is 41.5 Å². The van der Waals surface area contributed by atoms with E-state index in [1.165, 1.54) is 11.8 Å². The number of benzene rings is 1. The first-order valence-electron chi connectivity index (χ1n) is 8.13. The number of aryl methyl sites for hydroxylation is 1. The highest BCUT2D eigenvalue weighted by Gasteiger charge is 2.49. The second kappa shape index (κ2) is 5.47. The second-order valence-electron chi connectivity index (χ2n) is 6.85. The van der Waals surface area contributed by atoms with Gasteiger partial charge in [-0.05, 0) is 25.5 Å². The molecule has 6 heteroatoms. The fourth-order valence-electron chi connectivity index (χ4n) is 3.72. The van der Waals surface area contributed by atoms with Gasteiger partial charge in [0.25, 0.3) is 5.91 Å². The Labute approximate surface area is 140 Å². The molecule has 1 atom stereocenters. The summed E-state index contributed by atoms with van der Waals surface area (Å²) >= 11 is 0. The lowest BCUT2D eigenvalue weighted by Crippen LogP contribution is -2.34. The third-order valence-electron chi connectivity index (χ3n) is 5.04. The zero-order valence-corrected chi connectivity index (χ0v) is 13.6. The van der Waals surface area contributed by atoms with Crippen molar-refractivity contribution in [2.24, 2.45) is 5.41 Å². The topological polar surface area (TPSA) is 66.7 Å². The summed E-state index contributed by atoms with van der Waals surface area (Å²) in [5.41, 5.74) is 1.95. The molecule has 0 bridgehead atoms. The molecule has 2 saturated heterocycles. The Morgan fingerprint density at radius 2 is 2.00 bits per heavy atom. The summed E-state index contributed by atoms with van der Waals surface area (Å²) in [6.07, 6.45) is 2.79. The Bertz CT molecular complexity index is 769. The van der Waals surface area contributed by atoms with Gasteiger partial charge in [0, 0.05) is 43.2 Å². The number of anilines is 1. The molecule has 1 unspecified atom stereocenters. The van der Waals surface area contributed by atoms with Crippen molar-refractivity contribution in [3.8, 4) is 0 Å². The first-order chi connectivity index (χ1) is 11.6. The first-order valence-corrected chi connectivity index (χ1v) is 8.13. The van der Waals surface area contributed by atoms with Crippen molar-refractivity contribution in [2.75, 3.05) is 24.5 Å². The van der Waals surface area contributed by atoms with Gasteiger partial charge in [0.05, 0.1) is 6.20 Å². The van der Waals surface area contributed by atoms with Crippen LogP contribution in [0.25, 0.3) is 0 Å². The normalized spacial score (nSPS) is 23.5. The SMILES string of the molecule is Cc1ccc(N2CC3(CCN(C(=O)c4ccno4)C3)CC2=O)cc1. The van der Waals surface area contributed by atoms with Gasteiger partial charge in [-0.15, -0.1) is 0 Å². The minimum atomic E-state index is -0.155. The molecule has 2 aromatic rings. The molecule has 6 nitrogen and oxygen atoms in total. The molecule has 0 N–H and O–H groups in total. The number of likely N-dealkylation sites (tertiary alicyclic amines) is 1. The van der Waals surface area contributed by atoms with E-state index in [1.807, 2.05) is 36.1 Å². The average molecular weight is 325 g/mol. The number of carbonyl (C=O) groups excluding carboxylic acids is 2. The van der Waals surface area contributed by atoms with Crippen LogP contribution in [0.15, 0.2) is 41.1 Å². The van der Waals surface area contributed by atoms with Crippen molar-refractivity contribution in [3.05, 3.63) is 47.9 Å². The van der Waals surface area contributed by atoms with Crippen molar-refractivity contribution in [1.82, 2.24) is 10.1 Å². The minimum Gasteiger partial charge on any atom is -0.351 e. The molecular formula is C18H19N3O3. The van der Waals surface area contributed by atoms with Gasteiger partial charge in [-0.3, -0.25) is 9.59 Å². The molecule has 124 valence electrons. The van der Waals surface area contributed by atoms with Crippen LogP contribution in [0.3, 0.4) is 0 Å². The molecule has 0 saturated carbocycles. The van der Waals surface area contributed by atoms with Gasteiger partial charge in [-0.1, -0.05) is 22.9 Å². The van der Waals surface area contributed by atoms with E-state index >= 15 is 0 Å². The van der Waals surface area contributed by atoms with E-state index in [4.69, 9.17) is 4.52 Å². The molecule has 0 radical (unpaired) electrons. The first kappa shape index (κ1) is 14.9. The van der Waals surface area contributed by atoms with Crippen molar-refractivity contribution in [3.63, 3.8) is 0 Å². The number of nitrogens with zero attached hydrogens (tertiary/aromatic N) is 3. The lowest BCUT2D eigenvalue weighted by molar-refractivity contribution is -0.117. The highest BCUT2D eigenvalue weighted by molar-refractivity contribution is 5.97. The quantitative estimate of drug-likeness (QED) is 0.849. The average Bonchev–Trinajstić information content (AvgIpc) is 3.29. The maximum Gasteiger partial charge on any atom is 0.292 e. The predicted octanol–water partition coefficient (Wildman–Crippen LogP) is 2.25. The molecule has 2 fully saturated rings. The van der Waals surface area contributed by atoms with Crippen molar-refractivity contribution in [1.29, 1.82) is 0 Å². The highest BCUT2D eigenvalue weighted by atomic mass is 16.5. The Hall–Kier alpha value is -2.63. The third-order valence-corrected chi connectivity index (χ3v) is 5.04. The Balaban J connectivity index is 1.50. The van der Waals surface area contributed by atoms with Gasteiger partial charge in [0.15, 0.2) is 0 Å². The number of carbonyl (C=O) groups is 2. The maximum atomic E-state index is 12.5. The van der Waals surface area contributed by atoms with Crippen LogP contribution in [-0.2, 0) is 4.79 Å². The monoisotopic (exact) mass is 325 g/mol. The molecule has 4 rings (SSSR count). The van der Waals surface area contributed by atoms with Crippen LogP contribution >= 0.6 is 0 Å². The summed E-state index contributed by atoms with van der Waals surface area (Å²) in [5.74, 6) is 0.241. The lowest BCUT2D eigenvalue weighted by atomic mass is 9.86. The number of hydrogen-bond acceptors (Lipinski definition) is 4. The molecule has 2 aliphatic heterocycles. The van der Waals surface area contributed by atoms with Gasteiger partial charge in [0.2, 0.25) is 11.7 Å². The van der Waals surface area contributed by atoms with Gasteiger partial charge < -0.3 is 14.3 Å². The number of hydrogen-bond donors (Lipinski definition) is 0. The highest BCUT2D eigenvalue weighted by Crippen LogP contribution is 2.42. The molecule has 2 amide bonds. The summed E-state index contributed by atoms with van der Waals surface area (Å²) in [6.45, 7) is 3.92. The molecule has 3 heterocycles. The Morgan fingerprint density at radius 1 is 1.21 bits per heavy atom. The van der Waals surface area contributed by atoms with Crippen LogP contribution in [0.1, 0.15) is 29.0 Å². The van der Waals surface area contributed by atoms with Gasteiger partial charge in [-0.2, -0.15) is 0 Å². The lowest BCUT2D eigenvalue weighted by Gasteiger charge is -2.24. The summed E-state index contributed by atoms with van der Waals surface area (Å²) in [4.78, 5) is 28.6. The molecule has 1 spiro atoms. The zero-order valence-electron chi connectivity index (χ0n) is 13.6. The predicted molar refractivity (Wildman–Crippen MR) is 87.6 cm³/mol. The molecule has 1 aromatic carbocycles. The van der Waals surface area contributed by atoms with E-state index in [0.717, 1.165) is 12.1 Å². The van der Waals surface area contributed by atoms with E-state index in [0.29, 0.717) is 26.1 Å². The van der Waals surface area contributed by atoms with Crippen LogP contribution in [0.4, 0.5) is 5.69 Å². The molecule has 0 aliphatic carbocycles. The number of rotatable bonds is 2. The van der Waals surface area contributed by atoms with E-state index in [9.17, 15) is 9.59 Å². The smallest absolute Gasteiger partial charge is 0.292 e. The summed E-state index contributed by atoms with van der Waals surface area (Å²) in [6, 6.07) is 9.58. The fraction of sp³-hybridized carbons (Fsp3) is 0.389. The van der Waals surface area contributed by atoms with E-state index in [1.54, 1.807) is 11.0 Å². The van der Waals surface area contributed by atoms with Crippen LogP contribution in [0, 0.1) is 12.3 Å². The maximum absolute atomic E-state index is 12.5. The molecular weight excluding hydrogens is 306 g/mol. The van der Waals surface area contributed by atoms with E-state index in [2.05, 4.69) is 5.16 Å². The van der Waals surface area contributed by atoms with E-state index < -0.39 is 0 Å². The molecule has 2 aliphatic rings. The van der Waals surface area contributed by atoms with Crippen molar-refractivity contribution >= 4 is 17.5 Å². The third kappa shape index (κ3) is 2.48. The summed E-state index contributed by atoms with van der Waals surface area (Å²) < 4.78 is 4.96. The standard InChI is InChI=1S/C18H19N3O3/c1-13-2-4-14(5-3-13)21-12-18(10-16(21)22)7-9-20(11-18)17(23)15-6-8-19-24-15/h2-6,8H,7,9-12H2,1H3. The van der Waals surface area contributed by atoms with Crippen LogP contribution < -0.4 is 4.90 Å². The van der Waals surface area contributed by atoms with E-state index in [-0.39, 0.29) is 23.0 Å². The van der Waals surface area contributed by atoms with Crippen LogP contribution in [0.5, 0.6) is 0 Å². The summed E-state index contributed by atoms with van der Waals surface area (Å²) in [5, 5.41) is 3.59. The minimum absolute atomic E-state index is 0.132. The van der Waals surface area contributed by atoms with Crippen molar-refractivity contribution < 1.29 is 14.1 Å². The van der Waals surface area contributed by atoms with Gasteiger partial charge in [0.1, 0.15) is 0 Å².